The molecule has 4 heterocycles. The van der Waals surface area contributed by atoms with Crippen LogP contribution in [0.1, 0.15) is 21.0 Å². The van der Waals surface area contributed by atoms with Crippen LogP contribution in [0.2, 0.25) is 10.3 Å². The van der Waals surface area contributed by atoms with E-state index < -0.39 is 11.9 Å². The van der Waals surface area contributed by atoms with Crippen LogP contribution in [0, 0.1) is 0 Å². The van der Waals surface area contributed by atoms with Gasteiger partial charge in [0.2, 0.25) is 0 Å². The minimum Gasteiger partial charge on any atom is -1.00 e. The number of nitrogen functional groups attached to an aromatic ring is 1. The Labute approximate surface area is 200 Å². The number of nitrogens with one attached hydrogen (secondary N) is 1. The lowest BCUT2D eigenvalue weighted by atomic mass is 10.4. The number of hydrogen-bond donors (Lipinski definition) is 3. The fraction of sp³-hybridized carbons (Fsp3) is 0. The van der Waals surface area contributed by atoms with E-state index in [1.54, 1.807) is 18.3 Å². The molecular weight excluding hydrogens is 494 g/mol. The number of carboxylic acids is 1. The number of carbonyl (C=O) groups excluding carboxylic acids is 1. The summed E-state index contributed by atoms with van der Waals surface area (Å²) in [7, 11) is 0. The van der Waals surface area contributed by atoms with Crippen LogP contribution in [0.25, 0.3) is 0 Å². The Kier molecular flexibility index (Phi) is 11.9. The number of amides is 1. The molecule has 0 saturated carbocycles. The van der Waals surface area contributed by atoms with Crippen molar-refractivity contribution in [2.75, 3.05) is 11.1 Å². The predicted octanol–water partition coefficient (Wildman–Crippen LogP) is -0.937. The summed E-state index contributed by atoms with van der Waals surface area (Å²) in [4.78, 5) is 36.5. The molecule has 0 aromatic carbocycles. The second kappa shape index (κ2) is 14.6. The summed E-state index contributed by atoms with van der Waals surface area (Å²) in [6.45, 7) is 0. The molecule has 13 nitrogen and oxygen atoms in total. The quantitative estimate of drug-likeness (QED) is 0.308. The molecule has 4 N–H and O–H groups in total. The Balaban J connectivity index is 0.000000275. The zero-order valence-corrected chi connectivity index (χ0v) is 18.3. The molecule has 4 aromatic rings. The molecule has 0 radical (unpaired) electrons. The van der Waals surface area contributed by atoms with Crippen molar-refractivity contribution in [1.29, 1.82) is 0 Å². The Morgan fingerprint density at radius 1 is 0.765 bits per heavy atom. The lowest BCUT2D eigenvalue weighted by Crippen LogP contribution is -3.00. The largest absolute Gasteiger partial charge is 1.00 e. The molecule has 0 atom stereocenters. The fourth-order valence-electron chi connectivity index (χ4n) is 1.79. The van der Waals surface area contributed by atoms with Crippen molar-refractivity contribution in [3.05, 3.63) is 83.4 Å². The van der Waals surface area contributed by atoms with Crippen molar-refractivity contribution in [3.63, 3.8) is 0 Å². The second-order valence-electron chi connectivity index (χ2n) is 5.46. The van der Waals surface area contributed by atoms with E-state index in [0.29, 0.717) is 11.4 Å². The van der Waals surface area contributed by atoms with Gasteiger partial charge in [-0.3, -0.25) is 4.79 Å². The molecule has 0 saturated heterocycles. The standard InChI is InChI=1S/C9H6ClN5O.C5H3ClN2O2.C4H5N3.FH/c10-8-7(11-3-4-12-8)9(16)15-6-1-2-13-14-5-6;6-4-3(5(9)10)7-1-2-8-4;5-4-1-2-6-7-3-4;/h1-5H,(H,13,15,16);1-2H,(H,9,10);1-3H,(H2,5,6);1H/p-1. The number of carboxylic acid groups (broad SMARTS) is 1. The molecule has 0 aliphatic carbocycles. The highest BCUT2D eigenvalue weighted by atomic mass is 35.5. The number of nitrogens with zero attached hydrogens (tertiary/aromatic N) is 8. The van der Waals surface area contributed by atoms with Gasteiger partial charge in [-0.15, -0.1) is 0 Å². The van der Waals surface area contributed by atoms with Crippen LogP contribution < -0.4 is 15.8 Å². The maximum absolute atomic E-state index is 11.7. The molecular formula is C18H14Cl2FN10O3-. The maximum atomic E-state index is 11.7. The summed E-state index contributed by atoms with van der Waals surface area (Å²) in [6.07, 6.45) is 11.3. The topological polar surface area (TPSA) is 196 Å². The molecule has 4 aromatic heterocycles. The summed E-state index contributed by atoms with van der Waals surface area (Å²) < 4.78 is 0. The molecule has 1 amide bonds. The van der Waals surface area contributed by atoms with Gasteiger partial charge in [-0.05, 0) is 12.1 Å². The molecule has 0 unspecified atom stereocenters. The first-order chi connectivity index (χ1) is 15.9. The summed E-state index contributed by atoms with van der Waals surface area (Å²) in [5, 5.41) is 25.2. The Morgan fingerprint density at radius 2 is 1.29 bits per heavy atom. The SMILES string of the molecule is Nc1ccnnc1.O=C(Nc1ccnnc1)c1nccnc1Cl.O=C(O)c1nccnc1Cl.[F-]. The smallest absolute Gasteiger partial charge is 0.357 e. The number of anilines is 2. The van der Waals surface area contributed by atoms with Gasteiger partial charge in [-0.25, -0.2) is 24.7 Å². The normalized spacial score (nSPS) is 9.12. The van der Waals surface area contributed by atoms with E-state index in [-0.39, 0.29) is 26.4 Å². The second-order valence-corrected chi connectivity index (χ2v) is 6.17. The number of rotatable bonds is 3. The van der Waals surface area contributed by atoms with Gasteiger partial charge in [-0.2, -0.15) is 20.4 Å². The highest BCUT2D eigenvalue weighted by molar-refractivity contribution is 6.33. The van der Waals surface area contributed by atoms with Crippen molar-refractivity contribution in [3.8, 4) is 0 Å². The first-order valence-corrected chi connectivity index (χ1v) is 9.40. The van der Waals surface area contributed by atoms with Crippen LogP contribution in [0.3, 0.4) is 0 Å². The van der Waals surface area contributed by atoms with Crippen LogP contribution in [0.15, 0.2) is 61.7 Å². The molecule has 4 rings (SSSR count). The third-order valence-electron chi connectivity index (χ3n) is 3.17. The lowest BCUT2D eigenvalue weighted by molar-refractivity contribution is -0.0000299. The average Bonchev–Trinajstić information content (AvgIpc) is 2.81. The first kappa shape index (κ1) is 27.6. The Hall–Kier alpha value is -4.43. The van der Waals surface area contributed by atoms with Gasteiger partial charge in [-0.1, -0.05) is 23.2 Å². The molecule has 34 heavy (non-hydrogen) atoms. The van der Waals surface area contributed by atoms with E-state index in [1.165, 1.54) is 43.4 Å². The summed E-state index contributed by atoms with van der Waals surface area (Å²) in [6, 6.07) is 3.29. The summed E-state index contributed by atoms with van der Waals surface area (Å²) >= 11 is 11.1. The van der Waals surface area contributed by atoms with E-state index in [9.17, 15) is 9.59 Å². The van der Waals surface area contributed by atoms with E-state index >= 15 is 0 Å². The van der Waals surface area contributed by atoms with Gasteiger partial charge < -0.3 is 20.9 Å². The third-order valence-corrected chi connectivity index (χ3v) is 3.73. The summed E-state index contributed by atoms with van der Waals surface area (Å²) in [5.41, 5.74) is 6.27. The summed E-state index contributed by atoms with van der Waals surface area (Å²) in [5.74, 6) is -1.61. The molecule has 0 bridgehead atoms. The zero-order chi connectivity index (χ0) is 24.1. The molecule has 0 spiro atoms. The molecule has 0 aliphatic rings. The number of carbonyl (C=O) groups is 2. The van der Waals surface area contributed by atoms with Crippen molar-refractivity contribution in [2.45, 2.75) is 0 Å². The number of hydrogen-bond acceptors (Lipinski definition) is 11. The molecule has 176 valence electrons. The number of aromatic nitrogens is 8. The third kappa shape index (κ3) is 9.37. The minimum atomic E-state index is -1.17. The number of halogens is 3. The highest BCUT2D eigenvalue weighted by Gasteiger charge is 2.12. The molecule has 0 fully saturated rings. The minimum absolute atomic E-state index is 0. The first-order valence-electron chi connectivity index (χ1n) is 8.65. The number of nitrogens with two attached hydrogens (primary N) is 1. The van der Waals surface area contributed by atoms with Crippen molar-refractivity contribution in [1.82, 2.24) is 40.3 Å². The van der Waals surface area contributed by atoms with Crippen LogP contribution in [0.5, 0.6) is 0 Å². The predicted molar refractivity (Wildman–Crippen MR) is 117 cm³/mol. The Morgan fingerprint density at radius 3 is 1.68 bits per heavy atom. The van der Waals surface area contributed by atoms with Gasteiger partial charge >= 0.3 is 5.97 Å². The van der Waals surface area contributed by atoms with E-state index in [4.69, 9.17) is 34.0 Å². The van der Waals surface area contributed by atoms with Crippen LogP contribution in [-0.4, -0.2) is 57.3 Å². The van der Waals surface area contributed by atoms with Crippen molar-refractivity contribution < 1.29 is 19.4 Å². The maximum Gasteiger partial charge on any atom is 0.357 e. The average molecular weight is 508 g/mol. The van der Waals surface area contributed by atoms with Crippen LogP contribution in [0.4, 0.5) is 11.4 Å². The van der Waals surface area contributed by atoms with E-state index in [1.807, 2.05) is 0 Å². The van der Waals surface area contributed by atoms with Crippen LogP contribution in [-0.2, 0) is 0 Å². The van der Waals surface area contributed by atoms with E-state index in [0.717, 1.165) is 0 Å². The van der Waals surface area contributed by atoms with Gasteiger partial charge in [0.1, 0.15) is 0 Å². The zero-order valence-electron chi connectivity index (χ0n) is 16.8. The molecule has 16 heteroatoms. The lowest BCUT2D eigenvalue weighted by Gasteiger charge is -2.03. The monoisotopic (exact) mass is 507 g/mol. The van der Waals surface area contributed by atoms with Crippen molar-refractivity contribution in [2.24, 2.45) is 0 Å². The van der Waals surface area contributed by atoms with Gasteiger partial charge in [0.05, 0.1) is 36.2 Å². The van der Waals surface area contributed by atoms with Crippen molar-refractivity contribution >= 4 is 46.5 Å². The molecule has 0 aliphatic heterocycles. The Bertz CT molecular complexity index is 1190. The fourth-order valence-corrected chi connectivity index (χ4v) is 2.17. The number of aromatic carboxylic acids is 1. The highest BCUT2D eigenvalue weighted by Crippen LogP contribution is 2.11. The van der Waals surface area contributed by atoms with Gasteiger partial charge in [0.15, 0.2) is 21.7 Å². The van der Waals surface area contributed by atoms with E-state index in [2.05, 4.69) is 45.6 Å². The van der Waals surface area contributed by atoms with Gasteiger partial charge in [0, 0.05) is 24.8 Å². The van der Waals surface area contributed by atoms with Gasteiger partial charge in [0.25, 0.3) is 5.91 Å². The van der Waals surface area contributed by atoms with Crippen LogP contribution >= 0.6 is 23.2 Å².